The molecule has 4 bridgehead atoms. The third kappa shape index (κ3) is 1.48. The van der Waals surface area contributed by atoms with Gasteiger partial charge in [0, 0.05) is 37.2 Å². The lowest BCUT2D eigenvalue weighted by molar-refractivity contribution is -0.0349. The van der Waals surface area contributed by atoms with E-state index in [4.69, 9.17) is 0 Å². The van der Waals surface area contributed by atoms with Crippen molar-refractivity contribution in [2.45, 2.75) is 40.5 Å². The highest BCUT2D eigenvalue weighted by atomic mass is 128. The predicted octanol–water partition coefficient (Wildman–Crippen LogP) is 5.90. The first-order valence-electron chi connectivity index (χ1n) is 7.27. The van der Waals surface area contributed by atoms with E-state index in [0.717, 1.165) is 35.5 Å². The lowest BCUT2D eigenvalue weighted by Gasteiger charge is -2.52. The van der Waals surface area contributed by atoms with E-state index >= 15 is 0 Å². The zero-order valence-electron chi connectivity index (χ0n) is 11.8. The molecular formula is C16H24I2. The van der Waals surface area contributed by atoms with E-state index in [9.17, 15) is 0 Å². The van der Waals surface area contributed by atoms with Crippen LogP contribution in [0.1, 0.15) is 40.5 Å². The second kappa shape index (κ2) is 4.35. The highest BCUT2D eigenvalue weighted by molar-refractivity contribution is 15.0. The summed E-state index contributed by atoms with van der Waals surface area (Å²) >= 11 is 4.24. The quantitative estimate of drug-likeness (QED) is 0.235. The molecule has 0 saturated heterocycles. The molecule has 6 unspecified atom stereocenters. The van der Waals surface area contributed by atoms with Crippen LogP contribution in [0.5, 0.6) is 0 Å². The van der Waals surface area contributed by atoms with Gasteiger partial charge < -0.3 is 0 Å². The van der Waals surface area contributed by atoms with Gasteiger partial charge in [-0.1, -0.05) is 39.8 Å². The van der Waals surface area contributed by atoms with Gasteiger partial charge in [0.05, 0.1) is 0 Å². The van der Waals surface area contributed by atoms with Crippen molar-refractivity contribution in [1.82, 2.24) is 0 Å². The highest BCUT2D eigenvalue weighted by Crippen LogP contribution is 2.75. The molecule has 18 heavy (non-hydrogen) atoms. The lowest BCUT2D eigenvalue weighted by atomic mass is 9.52. The topological polar surface area (TPSA) is 0 Å². The van der Waals surface area contributed by atoms with E-state index in [1.165, 1.54) is 12.8 Å². The number of hydrogen-bond donors (Lipinski definition) is 0. The maximum atomic E-state index is 2.55. The third-order valence-corrected chi connectivity index (χ3v) is 7.53. The Morgan fingerprint density at radius 2 is 1.17 bits per heavy atom. The molecule has 0 nitrogen and oxygen atoms in total. The van der Waals surface area contributed by atoms with E-state index in [0.29, 0.717) is 10.8 Å². The summed E-state index contributed by atoms with van der Waals surface area (Å²) in [5, 5.41) is 0. The van der Waals surface area contributed by atoms with Crippen molar-refractivity contribution in [3.63, 3.8) is 0 Å². The van der Waals surface area contributed by atoms with Gasteiger partial charge in [-0.3, -0.25) is 0 Å². The number of hydrogen-bond acceptors (Lipinski definition) is 0. The summed E-state index contributed by atoms with van der Waals surface area (Å²) in [7, 11) is 0. The fraction of sp³-hybridized carbons (Fsp3) is 0.875. The second-order valence-corrected chi connectivity index (χ2v) is 8.00. The number of fused-ring (bicyclic) bond motifs is 9. The molecule has 4 rings (SSSR count). The summed E-state index contributed by atoms with van der Waals surface area (Å²) in [4.78, 5) is 0. The summed E-state index contributed by atoms with van der Waals surface area (Å²) in [6.07, 6.45) is 8.13. The first-order chi connectivity index (χ1) is 8.44. The highest BCUT2D eigenvalue weighted by Gasteiger charge is 2.69. The van der Waals surface area contributed by atoms with E-state index in [2.05, 4.69) is 77.1 Å². The lowest BCUT2D eigenvalue weighted by Crippen LogP contribution is -2.47. The van der Waals surface area contributed by atoms with Gasteiger partial charge in [0.2, 0.25) is 0 Å². The van der Waals surface area contributed by atoms with Gasteiger partial charge in [0.25, 0.3) is 0 Å². The molecule has 0 heterocycles. The Morgan fingerprint density at radius 1 is 0.778 bits per heavy atom. The summed E-state index contributed by atoms with van der Waals surface area (Å²) < 4.78 is 0. The average Bonchev–Trinajstić information content (AvgIpc) is 3.04. The van der Waals surface area contributed by atoms with Crippen LogP contribution in [-0.4, -0.2) is 0 Å². The molecule has 0 aromatic carbocycles. The molecule has 102 valence electrons. The summed E-state index contributed by atoms with van der Waals surface area (Å²) in [5.74, 6) is 6.06. The van der Waals surface area contributed by atoms with E-state index < -0.39 is 0 Å². The van der Waals surface area contributed by atoms with Crippen LogP contribution in [0.4, 0.5) is 0 Å². The van der Waals surface area contributed by atoms with Crippen molar-refractivity contribution in [2.24, 2.45) is 46.3 Å². The SMILES string of the molecule is CC1(C)C2CC(C3C4C=CC(C4)C32)C1(C)C.II. The van der Waals surface area contributed by atoms with Gasteiger partial charge in [0.15, 0.2) is 0 Å². The van der Waals surface area contributed by atoms with Gasteiger partial charge in [-0.25, -0.2) is 0 Å². The maximum Gasteiger partial charge on any atom is 0 e. The molecule has 0 amide bonds. The first-order valence-corrected chi connectivity index (χ1v) is 13.6. The van der Waals surface area contributed by atoms with Gasteiger partial charge in [-0.15, -0.1) is 0 Å². The molecular weight excluding hydrogens is 446 g/mol. The Balaban J connectivity index is 0.000000478. The predicted molar refractivity (Wildman–Crippen MR) is 94.9 cm³/mol. The monoisotopic (exact) mass is 470 g/mol. The van der Waals surface area contributed by atoms with Crippen LogP contribution in [0, 0.1) is 46.3 Å². The minimum absolute atomic E-state index is 0.567. The van der Waals surface area contributed by atoms with Crippen molar-refractivity contribution in [2.75, 3.05) is 0 Å². The van der Waals surface area contributed by atoms with Crippen LogP contribution in [-0.2, 0) is 0 Å². The molecule has 0 aromatic rings. The number of allylic oxidation sites excluding steroid dienone is 2. The van der Waals surface area contributed by atoms with Crippen LogP contribution in [0.25, 0.3) is 0 Å². The molecule has 3 fully saturated rings. The Kier molecular flexibility index (Phi) is 3.42. The van der Waals surface area contributed by atoms with E-state index in [1.807, 2.05) is 0 Å². The Labute approximate surface area is 135 Å². The minimum atomic E-state index is 0.567. The summed E-state index contributed by atoms with van der Waals surface area (Å²) in [6, 6.07) is 0. The van der Waals surface area contributed by atoms with E-state index in [1.54, 1.807) is 0 Å². The van der Waals surface area contributed by atoms with Crippen LogP contribution >= 0.6 is 37.2 Å². The fourth-order valence-corrected chi connectivity index (χ4v) is 6.13. The molecule has 2 heteroatoms. The largest absolute Gasteiger partial charge is 0.0848 e. The van der Waals surface area contributed by atoms with Crippen molar-refractivity contribution >= 4 is 37.2 Å². The Hall–Kier alpha value is 1.20. The van der Waals surface area contributed by atoms with Crippen molar-refractivity contribution in [3.05, 3.63) is 12.2 Å². The molecule has 0 aliphatic heterocycles. The van der Waals surface area contributed by atoms with Gasteiger partial charge in [0.1, 0.15) is 0 Å². The standard InChI is InChI=1S/C16H24.I2/c1-15(2)11-8-12(16(15,3)4)14-10-6-5-9(7-10)13(11)14;1-2/h5-6,9-14H,7-8H2,1-4H3;. The first kappa shape index (κ1) is 14.2. The van der Waals surface area contributed by atoms with Gasteiger partial charge in [-0.2, -0.15) is 0 Å². The van der Waals surface area contributed by atoms with Crippen LogP contribution in [0.15, 0.2) is 12.2 Å². The average molecular weight is 470 g/mol. The van der Waals surface area contributed by atoms with E-state index in [-0.39, 0.29) is 0 Å². The molecule has 0 N–H and O–H groups in total. The third-order valence-electron chi connectivity index (χ3n) is 7.53. The molecule has 0 aromatic heterocycles. The smallest absolute Gasteiger partial charge is 0 e. The Bertz CT molecular complexity index is 349. The summed E-state index contributed by atoms with van der Waals surface area (Å²) in [6.45, 7) is 10.2. The number of rotatable bonds is 0. The Morgan fingerprint density at radius 3 is 1.56 bits per heavy atom. The summed E-state index contributed by atoms with van der Waals surface area (Å²) in [5.41, 5.74) is 1.13. The van der Waals surface area contributed by atoms with Crippen molar-refractivity contribution < 1.29 is 0 Å². The molecule has 4 aliphatic carbocycles. The van der Waals surface area contributed by atoms with Crippen LogP contribution in [0.2, 0.25) is 0 Å². The number of halogens is 2. The molecule has 0 radical (unpaired) electrons. The normalized spacial score (nSPS) is 52.1. The molecule has 3 saturated carbocycles. The molecule has 6 atom stereocenters. The van der Waals surface area contributed by atoms with Crippen LogP contribution < -0.4 is 0 Å². The van der Waals surface area contributed by atoms with Crippen molar-refractivity contribution in [1.29, 1.82) is 0 Å². The second-order valence-electron chi connectivity index (χ2n) is 8.00. The maximum absolute atomic E-state index is 2.55. The van der Waals surface area contributed by atoms with Gasteiger partial charge >= 0.3 is 0 Å². The zero-order chi connectivity index (χ0) is 13.3. The zero-order valence-corrected chi connectivity index (χ0v) is 16.1. The molecule has 0 spiro atoms. The van der Waals surface area contributed by atoms with Crippen molar-refractivity contribution in [3.8, 4) is 0 Å². The van der Waals surface area contributed by atoms with Crippen LogP contribution in [0.3, 0.4) is 0 Å². The fourth-order valence-electron chi connectivity index (χ4n) is 6.13. The minimum Gasteiger partial charge on any atom is -0.0848 e. The van der Waals surface area contributed by atoms with Gasteiger partial charge in [-0.05, 0) is 59.2 Å². The molecule has 4 aliphatic rings.